The van der Waals surface area contributed by atoms with Gasteiger partial charge < -0.3 is 15.0 Å². The van der Waals surface area contributed by atoms with Gasteiger partial charge >= 0.3 is 0 Å². The molecule has 1 aromatic heterocycles. The van der Waals surface area contributed by atoms with Gasteiger partial charge in [0.05, 0.1) is 0 Å². The Bertz CT molecular complexity index is 791. The van der Waals surface area contributed by atoms with Crippen LogP contribution in [0.1, 0.15) is 17.5 Å². The van der Waals surface area contributed by atoms with Crippen LogP contribution in [0.4, 0.5) is 5.95 Å². The SMILES string of the molecule is O=C(COc1ccc2c(c1)CCC2)NCCN1CCN(c2ncccn2)CC1. The number of carbonyl (C=O) groups excluding carboxylic acids is 1. The van der Waals surface area contributed by atoms with Crippen molar-refractivity contribution in [3.8, 4) is 5.75 Å². The van der Waals surface area contributed by atoms with Crippen LogP contribution >= 0.6 is 0 Å². The van der Waals surface area contributed by atoms with Gasteiger partial charge in [-0.15, -0.1) is 0 Å². The van der Waals surface area contributed by atoms with E-state index in [-0.39, 0.29) is 12.5 Å². The number of ether oxygens (including phenoxy) is 1. The van der Waals surface area contributed by atoms with Crippen molar-refractivity contribution >= 4 is 11.9 Å². The standard InChI is InChI=1S/C21H27N5O2/c27-20(16-28-19-6-5-17-3-1-4-18(17)15-19)22-9-10-25-11-13-26(14-12-25)21-23-7-2-8-24-21/h2,5-8,15H,1,3-4,9-14,16H2,(H,22,27). The van der Waals surface area contributed by atoms with Crippen molar-refractivity contribution < 1.29 is 9.53 Å². The number of hydrogen-bond acceptors (Lipinski definition) is 6. The van der Waals surface area contributed by atoms with Crippen molar-refractivity contribution in [3.05, 3.63) is 47.8 Å². The molecule has 0 bridgehead atoms. The minimum atomic E-state index is -0.0724. The zero-order valence-corrected chi connectivity index (χ0v) is 16.1. The molecule has 7 heteroatoms. The Kier molecular flexibility index (Phi) is 6.01. The average Bonchev–Trinajstić information content (AvgIpc) is 3.21. The van der Waals surface area contributed by atoms with Crippen LogP contribution < -0.4 is 15.0 Å². The van der Waals surface area contributed by atoms with Gasteiger partial charge in [-0.1, -0.05) is 6.07 Å². The summed E-state index contributed by atoms with van der Waals surface area (Å²) < 4.78 is 5.65. The smallest absolute Gasteiger partial charge is 0.257 e. The Hall–Kier alpha value is -2.67. The third-order valence-electron chi connectivity index (χ3n) is 5.40. The molecule has 1 saturated heterocycles. The third kappa shape index (κ3) is 4.78. The number of hydrogen-bond donors (Lipinski definition) is 1. The Morgan fingerprint density at radius 3 is 2.68 bits per heavy atom. The number of rotatable bonds is 7. The molecule has 2 aliphatic rings. The van der Waals surface area contributed by atoms with Crippen molar-refractivity contribution in [3.63, 3.8) is 0 Å². The van der Waals surface area contributed by atoms with Crippen LogP contribution in [-0.2, 0) is 17.6 Å². The summed E-state index contributed by atoms with van der Waals surface area (Å²) in [6, 6.07) is 7.99. The Morgan fingerprint density at radius 1 is 1.07 bits per heavy atom. The van der Waals surface area contributed by atoms with Crippen molar-refractivity contribution in [2.75, 3.05) is 50.8 Å². The molecule has 2 heterocycles. The molecule has 0 saturated carbocycles. The zero-order valence-electron chi connectivity index (χ0n) is 16.1. The zero-order chi connectivity index (χ0) is 19.2. The minimum absolute atomic E-state index is 0.0674. The van der Waals surface area contributed by atoms with E-state index in [1.807, 2.05) is 12.1 Å². The van der Waals surface area contributed by atoms with Crippen molar-refractivity contribution in [1.82, 2.24) is 20.2 Å². The number of benzene rings is 1. The lowest BCUT2D eigenvalue weighted by atomic mass is 10.1. The van der Waals surface area contributed by atoms with Crippen LogP contribution in [0.5, 0.6) is 5.75 Å². The van der Waals surface area contributed by atoms with Crippen LogP contribution in [-0.4, -0.2) is 66.7 Å². The number of aromatic nitrogens is 2. The first-order valence-electron chi connectivity index (χ1n) is 10.0. The number of carbonyl (C=O) groups is 1. The van der Waals surface area contributed by atoms with E-state index >= 15 is 0 Å². The topological polar surface area (TPSA) is 70.6 Å². The molecule has 0 spiro atoms. The summed E-state index contributed by atoms with van der Waals surface area (Å²) in [5.74, 6) is 1.51. The number of anilines is 1. The molecular weight excluding hydrogens is 354 g/mol. The first-order chi connectivity index (χ1) is 13.8. The predicted octanol–water partition coefficient (Wildman–Crippen LogP) is 1.28. The van der Waals surface area contributed by atoms with Crippen LogP contribution in [0.3, 0.4) is 0 Å². The highest BCUT2D eigenvalue weighted by atomic mass is 16.5. The second-order valence-corrected chi connectivity index (χ2v) is 7.30. The van der Waals surface area contributed by atoms with E-state index in [2.05, 4.69) is 37.2 Å². The predicted molar refractivity (Wildman–Crippen MR) is 108 cm³/mol. The Morgan fingerprint density at radius 2 is 1.86 bits per heavy atom. The van der Waals surface area contributed by atoms with Crippen LogP contribution in [0.15, 0.2) is 36.7 Å². The van der Waals surface area contributed by atoms with Gasteiger partial charge in [-0.25, -0.2) is 9.97 Å². The van der Waals surface area contributed by atoms with Gasteiger partial charge in [-0.05, 0) is 48.6 Å². The lowest BCUT2D eigenvalue weighted by Crippen LogP contribution is -2.49. The molecule has 7 nitrogen and oxygen atoms in total. The number of aryl methyl sites for hydroxylation is 2. The average molecular weight is 381 g/mol. The van der Waals surface area contributed by atoms with Gasteiger partial charge in [0.1, 0.15) is 5.75 Å². The van der Waals surface area contributed by atoms with E-state index in [9.17, 15) is 4.79 Å². The summed E-state index contributed by atoms with van der Waals surface area (Å²) in [5, 5.41) is 2.95. The number of amides is 1. The van der Waals surface area contributed by atoms with E-state index in [0.717, 1.165) is 57.3 Å². The van der Waals surface area contributed by atoms with E-state index in [0.29, 0.717) is 6.54 Å². The largest absolute Gasteiger partial charge is 0.484 e. The van der Waals surface area contributed by atoms with Gasteiger partial charge in [0.25, 0.3) is 5.91 Å². The van der Waals surface area contributed by atoms with Gasteiger partial charge in [-0.2, -0.15) is 0 Å². The Balaban J connectivity index is 1.12. The Labute approximate surface area is 165 Å². The molecule has 1 N–H and O–H groups in total. The highest BCUT2D eigenvalue weighted by molar-refractivity contribution is 5.77. The maximum absolute atomic E-state index is 12.0. The molecular formula is C21H27N5O2. The van der Waals surface area contributed by atoms with E-state index in [1.165, 1.54) is 17.5 Å². The highest BCUT2D eigenvalue weighted by Gasteiger charge is 2.18. The summed E-state index contributed by atoms with van der Waals surface area (Å²) in [6.07, 6.45) is 7.03. The molecule has 1 amide bonds. The minimum Gasteiger partial charge on any atom is -0.484 e. The van der Waals surface area contributed by atoms with Gasteiger partial charge in [0.2, 0.25) is 5.95 Å². The van der Waals surface area contributed by atoms with Gasteiger partial charge in [-0.3, -0.25) is 9.69 Å². The van der Waals surface area contributed by atoms with Crippen molar-refractivity contribution in [1.29, 1.82) is 0 Å². The molecule has 1 aromatic carbocycles. The normalized spacial score (nSPS) is 16.6. The molecule has 2 aromatic rings. The molecule has 4 rings (SSSR count). The lowest BCUT2D eigenvalue weighted by Gasteiger charge is -2.34. The summed E-state index contributed by atoms with van der Waals surface area (Å²) in [6.45, 7) is 5.23. The second kappa shape index (κ2) is 9.01. The molecule has 1 aliphatic heterocycles. The van der Waals surface area contributed by atoms with Crippen molar-refractivity contribution in [2.45, 2.75) is 19.3 Å². The lowest BCUT2D eigenvalue weighted by molar-refractivity contribution is -0.123. The fourth-order valence-electron chi connectivity index (χ4n) is 3.82. The van der Waals surface area contributed by atoms with Gasteiger partial charge in [0, 0.05) is 51.7 Å². The van der Waals surface area contributed by atoms with E-state index < -0.39 is 0 Å². The van der Waals surface area contributed by atoms with Crippen LogP contribution in [0.25, 0.3) is 0 Å². The summed E-state index contributed by atoms with van der Waals surface area (Å²) >= 11 is 0. The van der Waals surface area contributed by atoms with Gasteiger partial charge in [0.15, 0.2) is 6.61 Å². The molecule has 28 heavy (non-hydrogen) atoms. The second-order valence-electron chi connectivity index (χ2n) is 7.30. The highest BCUT2D eigenvalue weighted by Crippen LogP contribution is 2.25. The number of piperazine rings is 1. The first kappa shape index (κ1) is 18.7. The van der Waals surface area contributed by atoms with Crippen LogP contribution in [0.2, 0.25) is 0 Å². The van der Waals surface area contributed by atoms with Crippen molar-refractivity contribution in [2.24, 2.45) is 0 Å². The quantitative estimate of drug-likeness (QED) is 0.779. The number of nitrogens with zero attached hydrogens (tertiary/aromatic N) is 4. The third-order valence-corrected chi connectivity index (χ3v) is 5.40. The molecule has 148 valence electrons. The fraction of sp³-hybridized carbons (Fsp3) is 0.476. The molecule has 1 fully saturated rings. The first-order valence-corrected chi connectivity index (χ1v) is 10.0. The number of fused-ring (bicyclic) bond motifs is 1. The monoisotopic (exact) mass is 381 g/mol. The summed E-state index contributed by atoms with van der Waals surface area (Å²) in [7, 11) is 0. The molecule has 0 unspecified atom stereocenters. The summed E-state index contributed by atoms with van der Waals surface area (Å²) in [5.41, 5.74) is 2.77. The van der Waals surface area contributed by atoms with E-state index in [1.54, 1.807) is 12.4 Å². The summed E-state index contributed by atoms with van der Waals surface area (Å²) in [4.78, 5) is 25.2. The van der Waals surface area contributed by atoms with Crippen LogP contribution in [0, 0.1) is 0 Å². The molecule has 0 radical (unpaired) electrons. The van der Waals surface area contributed by atoms with E-state index in [4.69, 9.17) is 4.74 Å². The molecule has 0 atom stereocenters. The molecule has 1 aliphatic carbocycles. The maximum Gasteiger partial charge on any atom is 0.257 e. The fourth-order valence-corrected chi connectivity index (χ4v) is 3.82. The maximum atomic E-state index is 12.0. The number of nitrogens with one attached hydrogen (secondary N) is 1.